The predicted octanol–water partition coefficient (Wildman–Crippen LogP) is 1.34. The first-order valence-corrected chi connectivity index (χ1v) is 9.85. The Morgan fingerprint density at radius 3 is 2.96 bits per heavy atom. The van der Waals surface area contributed by atoms with Crippen molar-refractivity contribution in [3.05, 3.63) is 18.0 Å². The molecule has 0 aromatic carbocycles. The Labute approximate surface area is 154 Å². The number of rotatable bonds is 8. The van der Waals surface area contributed by atoms with Crippen molar-refractivity contribution in [1.29, 1.82) is 0 Å². The Bertz CT molecular complexity index is 590. The quantitative estimate of drug-likeness (QED) is 0.683. The molecule has 2 amide bonds. The number of aromatic amines is 1. The molecule has 0 saturated carbocycles. The van der Waals surface area contributed by atoms with Crippen molar-refractivity contribution < 1.29 is 14.7 Å². The van der Waals surface area contributed by atoms with Crippen LogP contribution in [0.3, 0.4) is 0 Å². The lowest BCUT2D eigenvalue weighted by Crippen LogP contribution is -2.57. The summed E-state index contributed by atoms with van der Waals surface area (Å²) in [5, 5.41) is 15.7. The molecule has 26 heavy (non-hydrogen) atoms. The number of H-pyrrole nitrogens is 1. The first-order valence-electron chi connectivity index (χ1n) is 9.85. The SMILES string of the molecule is O=C(CCCc1cn[nH]c1)N1CC[C@@H]2[C@@H](CCC(=O)N2CCCCO)C1. The van der Waals surface area contributed by atoms with Crippen LogP contribution >= 0.6 is 0 Å². The lowest BCUT2D eigenvalue weighted by Gasteiger charge is -2.47. The van der Waals surface area contributed by atoms with Crippen molar-refractivity contribution in [3.8, 4) is 0 Å². The summed E-state index contributed by atoms with van der Waals surface area (Å²) in [4.78, 5) is 28.9. The third-order valence-electron chi connectivity index (χ3n) is 5.71. The first kappa shape index (κ1) is 18.9. The van der Waals surface area contributed by atoms with Crippen molar-refractivity contribution >= 4 is 11.8 Å². The number of nitrogens with zero attached hydrogens (tertiary/aromatic N) is 3. The molecule has 1 aromatic heterocycles. The maximum absolute atomic E-state index is 12.6. The van der Waals surface area contributed by atoms with Crippen LogP contribution in [0.2, 0.25) is 0 Å². The minimum Gasteiger partial charge on any atom is -0.396 e. The molecule has 144 valence electrons. The average Bonchev–Trinajstić information content (AvgIpc) is 3.16. The molecular formula is C19H30N4O3. The largest absolute Gasteiger partial charge is 0.396 e. The lowest BCUT2D eigenvalue weighted by molar-refractivity contribution is -0.144. The monoisotopic (exact) mass is 362 g/mol. The number of aryl methyl sites for hydroxylation is 1. The van der Waals surface area contributed by atoms with Gasteiger partial charge in [0.25, 0.3) is 0 Å². The highest BCUT2D eigenvalue weighted by Gasteiger charge is 2.39. The molecule has 7 nitrogen and oxygen atoms in total. The van der Waals surface area contributed by atoms with Crippen LogP contribution in [0.25, 0.3) is 0 Å². The predicted molar refractivity (Wildman–Crippen MR) is 97.3 cm³/mol. The second-order valence-electron chi connectivity index (χ2n) is 7.47. The average molecular weight is 362 g/mol. The number of aliphatic hydroxyl groups excluding tert-OH is 1. The van der Waals surface area contributed by atoms with Gasteiger partial charge in [-0.25, -0.2) is 0 Å². The molecule has 1 aromatic rings. The van der Waals surface area contributed by atoms with Crippen molar-refractivity contribution in [2.75, 3.05) is 26.2 Å². The number of aromatic nitrogens is 2. The van der Waals surface area contributed by atoms with E-state index in [0.29, 0.717) is 18.8 Å². The molecule has 2 N–H and O–H groups in total. The summed E-state index contributed by atoms with van der Waals surface area (Å²) in [7, 11) is 0. The van der Waals surface area contributed by atoms with Crippen LogP contribution in [0.4, 0.5) is 0 Å². The van der Waals surface area contributed by atoms with E-state index in [1.165, 1.54) is 0 Å². The van der Waals surface area contributed by atoms with E-state index in [1.54, 1.807) is 6.20 Å². The standard InChI is InChI=1S/C19H30N4O3/c24-11-2-1-9-23-17-8-10-22(14-16(17)6-7-19(23)26)18(25)5-3-4-15-12-20-21-13-15/h12-13,16-17,24H,1-11,14H2,(H,20,21)/t16-,17+/m0/s1. The fourth-order valence-electron chi connectivity index (χ4n) is 4.28. The molecule has 0 aliphatic carbocycles. The van der Waals surface area contributed by atoms with E-state index in [0.717, 1.165) is 63.7 Å². The van der Waals surface area contributed by atoms with E-state index < -0.39 is 0 Å². The van der Waals surface area contributed by atoms with Crippen LogP contribution in [-0.2, 0) is 16.0 Å². The van der Waals surface area contributed by atoms with Gasteiger partial charge in [0.2, 0.25) is 11.8 Å². The molecule has 0 unspecified atom stereocenters. The van der Waals surface area contributed by atoms with Gasteiger partial charge < -0.3 is 14.9 Å². The number of nitrogens with one attached hydrogen (secondary N) is 1. The molecule has 0 spiro atoms. The van der Waals surface area contributed by atoms with E-state index in [2.05, 4.69) is 10.2 Å². The van der Waals surface area contributed by atoms with Gasteiger partial charge in [-0.1, -0.05) is 0 Å². The summed E-state index contributed by atoms with van der Waals surface area (Å²) in [5.74, 6) is 0.869. The minimum atomic E-state index is 0.178. The van der Waals surface area contributed by atoms with Crippen molar-refractivity contribution in [2.24, 2.45) is 5.92 Å². The molecule has 2 atom stereocenters. The zero-order chi connectivity index (χ0) is 18.4. The van der Waals surface area contributed by atoms with Crippen LogP contribution in [0, 0.1) is 5.92 Å². The third kappa shape index (κ3) is 4.63. The number of hydrogen-bond acceptors (Lipinski definition) is 4. The minimum absolute atomic E-state index is 0.178. The fraction of sp³-hybridized carbons (Fsp3) is 0.737. The molecule has 2 aliphatic heterocycles. The zero-order valence-electron chi connectivity index (χ0n) is 15.4. The Morgan fingerprint density at radius 2 is 2.19 bits per heavy atom. The molecule has 3 heterocycles. The van der Waals surface area contributed by atoms with Gasteiger partial charge in [-0.3, -0.25) is 14.7 Å². The Morgan fingerprint density at radius 1 is 1.31 bits per heavy atom. The van der Waals surface area contributed by atoms with Crippen molar-refractivity contribution in [1.82, 2.24) is 20.0 Å². The Balaban J connectivity index is 1.47. The number of carbonyl (C=O) groups is 2. The summed E-state index contributed by atoms with van der Waals surface area (Å²) >= 11 is 0. The van der Waals surface area contributed by atoms with Gasteiger partial charge in [-0.2, -0.15) is 5.10 Å². The second kappa shape index (κ2) is 9.16. The maximum atomic E-state index is 12.6. The molecule has 0 radical (unpaired) electrons. The van der Waals surface area contributed by atoms with E-state index in [-0.39, 0.29) is 24.5 Å². The van der Waals surface area contributed by atoms with Gasteiger partial charge in [0, 0.05) is 51.3 Å². The molecule has 2 fully saturated rings. The molecule has 3 rings (SSSR count). The van der Waals surface area contributed by atoms with Crippen LogP contribution in [0.5, 0.6) is 0 Å². The number of fused-ring (bicyclic) bond motifs is 1. The molecule has 2 saturated heterocycles. The van der Waals surface area contributed by atoms with Crippen LogP contribution < -0.4 is 0 Å². The van der Waals surface area contributed by atoms with Gasteiger partial charge in [-0.05, 0) is 50.0 Å². The smallest absolute Gasteiger partial charge is 0.222 e. The highest BCUT2D eigenvalue weighted by Crippen LogP contribution is 2.31. The van der Waals surface area contributed by atoms with Crippen LogP contribution in [0.1, 0.15) is 50.5 Å². The third-order valence-corrected chi connectivity index (χ3v) is 5.71. The van der Waals surface area contributed by atoms with Gasteiger partial charge in [0.1, 0.15) is 0 Å². The van der Waals surface area contributed by atoms with Gasteiger partial charge in [0.15, 0.2) is 0 Å². The normalized spacial score (nSPS) is 23.2. The number of aliphatic hydroxyl groups is 1. The Kier molecular flexibility index (Phi) is 6.66. The maximum Gasteiger partial charge on any atom is 0.222 e. The van der Waals surface area contributed by atoms with Gasteiger partial charge in [-0.15, -0.1) is 0 Å². The highest BCUT2D eigenvalue weighted by atomic mass is 16.3. The number of hydrogen-bond donors (Lipinski definition) is 2. The first-order chi connectivity index (χ1) is 12.7. The Hall–Kier alpha value is -1.89. The summed E-state index contributed by atoms with van der Waals surface area (Å²) < 4.78 is 0. The second-order valence-corrected chi connectivity index (χ2v) is 7.47. The van der Waals surface area contributed by atoms with Crippen LogP contribution in [-0.4, -0.2) is 69.2 Å². The number of carbonyl (C=O) groups excluding carboxylic acids is 2. The number of amides is 2. The number of piperidine rings is 2. The summed E-state index contributed by atoms with van der Waals surface area (Å²) in [6.07, 6.45) is 9.90. The van der Waals surface area contributed by atoms with Crippen molar-refractivity contribution in [2.45, 2.75) is 57.4 Å². The van der Waals surface area contributed by atoms with Crippen LogP contribution in [0.15, 0.2) is 12.4 Å². The number of likely N-dealkylation sites (tertiary alicyclic amines) is 2. The zero-order valence-corrected chi connectivity index (χ0v) is 15.4. The van der Waals surface area contributed by atoms with E-state index in [1.807, 2.05) is 16.0 Å². The molecule has 2 aliphatic rings. The summed E-state index contributed by atoms with van der Waals surface area (Å²) in [6, 6.07) is 0.268. The van der Waals surface area contributed by atoms with E-state index in [9.17, 15) is 9.59 Å². The van der Waals surface area contributed by atoms with E-state index >= 15 is 0 Å². The lowest BCUT2D eigenvalue weighted by atomic mass is 9.83. The number of unbranched alkanes of at least 4 members (excludes halogenated alkanes) is 1. The molecule has 0 bridgehead atoms. The highest BCUT2D eigenvalue weighted by molar-refractivity contribution is 5.78. The van der Waals surface area contributed by atoms with Crippen molar-refractivity contribution in [3.63, 3.8) is 0 Å². The van der Waals surface area contributed by atoms with E-state index in [4.69, 9.17) is 5.11 Å². The summed E-state index contributed by atoms with van der Waals surface area (Å²) in [5.41, 5.74) is 1.14. The topological polar surface area (TPSA) is 89.5 Å². The van der Waals surface area contributed by atoms with Gasteiger partial charge >= 0.3 is 0 Å². The summed E-state index contributed by atoms with van der Waals surface area (Å²) in [6.45, 7) is 2.44. The fourth-order valence-corrected chi connectivity index (χ4v) is 4.28. The molecular weight excluding hydrogens is 332 g/mol. The molecule has 7 heteroatoms. The van der Waals surface area contributed by atoms with Gasteiger partial charge in [0.05, 0.1) is 6.20 Å².